The standard InChI is InChI=1S/C19H17F3N2O2S/c1-18(2)9-15(12-3-6-14(7-4-12)27(23,25)26)16(10-18)13-5-8-17(24-11-13)19(20,21)22/h3-11H,1-2H3,(H2,23,25,26). The number of halogens is 3. The van der Waals surface area contributed by atoms with Crippen molar-refractivity contribution in [2.24, 2.45) is 10.6 Å². The maximum atomic E-state index is 12.7. The Hall–Kier alpha value is -2.45. The molecule has 1 aromatic carbocycles. The number of aromatic nitrogens is 1. The molecule has 8 heteroatoms. The molecule has 0 saturated carbocycles. The second kappa shape index (κ2) is 6.31. The van der Waals surface area contributed by atoms with Gasteiger partial charge in [-0.15, -0.1) is 0 Å². The van der Waals surface area contributed by atoms with Crippen molar-refractivity contribution in [1.82, 2.24) is 4.98 Å². The minimum absolute atomic E-state index is 0.00849. The van der Waals surface area contributed by atoms with Crippen molar-refractivity contribution in [2.75, 3.05) is 0 Å². The number of hydrogen-bond donors (Lipinski definition) is 1. The van der Waals surface area contributed by atoms with Crippen LogP contribution in [0.3, 0.4) is 0 Å². The molecule has 0 fully saturated rings. The van der Waals surface area contributed by atoms with Crippen molar-refractivity contribution < 1.29 is 21.6 Å². The first-order chi connectivity index (χ1) is 12.4. The van der Waals surface area contributed by atoms with Crippen molar-refractivity contribution in [3.63, 3.8) is 0 Å². The SMILES string of the molecule is CC1(C)C=C(c2ccc(S(N)(=O)=O)cc2)C(c2ccc(C(F)(F)F)nc2)=C1. The average molecular weight is 394 g/mol. The lowest BCUT2D eigenvalue weighted by atomic mass is 9.95. The van der Waals surface area contributed by atoms with Crippen molar-refractivity contribution in [3.8, 4) is 0 Å². The molecule has 0 amide bonds. The van der Waals surface area contributed by atoms with Crippen LogP contribution in [0, 0.1) is 5.41 Å². The minimum Gasteiger partial charge on any atom is -0.251 e. The van der Waals surface area contributed by atoms with Gasteiger partial charge < -0.3 is 0 Å². The van der Waals surface area contributed by atoms with E-state index in [0.29, 0.717) is 5.56 Å². The fourth-order valence-electron chi connectivity index (χ4n) is 2.96. The van der Waals surface area contributed by atoms with E-state index in [0.717, 1.165) is 22.8 Å². The summed E-state index contributed by atoms with van der Waals surface area (Å²) < 4.78 is 61.1. The van der Waals surface area contributed by atoms with Crippen LogP contribution in [0.5, 0.6) is 0 Å². The number of hydrogen-bond acceptors (Lipinski definition) is 3. The van der Waals surface area contributed by atoms with Crippen LogP contribution in [-0.4, -0.2) is 13.4 Å². The van der Waals surface area contributed by atoms with Crippen LogP contribution in [0.1, 0.15) is 30.7 Å². The first-order valence-corrected chi connectivity index (χ1v) is 9.54. The Bertz CT molecular complexity index is 1030. The molecule has 4 nitrogen and oxygen atoms in total. The van der Waals surface area contributed by atoms with E-state index in [1.54, 1.807) is 12.1 Å². The highest BCUT2D eigenvalue weighted by Crippen LogP contribution is 2.44. The zero-order valence-electron chi connectivity index (χ0n) is 14.6. The van der Waals surface area contributed by atoms with Crippen LogP contribution >= 0.6 is 0 Å². The second-order valence-corrected chi connectivity index (χ2v) is 8.50. The van der Waals surface area contributed by atoms with E-state index in [4.69, 9.17) is 5.14 Å². The summed E-state index contributed by atoms with van der Waals surface area (Å²) in [5.41, 5.74) is 1.56. The van der Waals surface area contributed by atoms with Crippen molar-refractivity contribution >= 4 is 21.2 Å². The van der Waals surface area contributed by atoms with Gasteiger partial charge in [-0.3, -0.25) is 4.98 Å². The Morgan fingerprint density at radius 3 is 1.89 bits per heavy atom. The monoisotopic (exact) mass is 394 g/mol. The third-order valence-corrected chi connectivity index (χ3v) is 5.11. The summed E-state index contributed by atoms with van der Waals surface area (Å²) in [4.78, 5) is 3.52. The van der Waals surface area contributed by atoms with Gasteiger partial charge in [0.1, 0.15) is 5.69 Å². The van der Waals surface area contributed by atoms with Crippen LogP contribution in [0.2, 0.25) is 0 Å². The molecule has 0 saturated heterocycles. The predicted octanol–water partition coefficient (Wildman–Crippen LogP) is 4.25. The molecule has 0 aliphatic heterocycles. The smallest absolute Gasteiger partial charge is 0.251 e. The van der Waals surface area contributed by atoms with E-state index in [1.807, 2.05) is 26.0 Å². The normalized spacial score (nSPS) is 16.8. The molecule has 2 aromatic rings. The van der Waals surface area contributed by atoms with Gasteiger partial charge in [-0.05, 0) is 34.9 Å². The predicted molar refractivity (Wildman–Crippen MR) is 96.8 cm³/mol. The maximum absolute atomic E-state index is 12.7. The van der Waals surface area contributed by atoms with E-state index in [9.17, 15) is 21.6 Å². The van der Waals surface area contributed by atoms with Crippen LogP contribution < -0.4 is 5.14 Å². The Labute approximate surface area is 155 Å². The molecular formula is C19H17F3N2O2S. The Kier molecular flexibility index (Phi) is 4.52. The highest BCUT2D eigenvalue weighted by Gasteiger charge is 2.32. The van der Waals surface area contributed by atoms with Gasteiger partial charge >= 0.3 is 6.18 Å². The Morgan fingerprint density at radius 2 is 1.44 bits per heavy atom. The molecular weight excluding hydrogens is 377 g/mol. The van der Waals surface area contributed by atoms with E-state index in [1.165, 1.54) is 24.4 Å². The molecule has 1 aromatic heterocycles. The topological polar surface area (TPSA) is 73.1 Å². The summed E-state index contributed by atoms with van der Waals surface area (Å²) in [6.07, 6.45) is 0.624. The van der Waals surface area contributed by atoms with Gasteiger partial charge in [-0.25, -0.2) is 13.6 Å². The first kappa shape index (κ1) is 19.3. The molecule has 0 radical (unpaired) electrons. The second-order valence-electron chi connectivity index (χ2n) is 6.94. The summed E-state index contributed by atoms with van der Waals surface area (Å²) in [6, 6.07) is 8.38. The molecule has 1 heterocycles. The van der Waals surface area contributed by atoms with E-state index >= 15 is 0 Å². The molecule has 1 aliphatic carbocycles. The van der Waals surface area contributed by atoms with Gasteiger partial charge in [0.15, 0.2) is 0 Å². The van der Waals surface area contributed by atoms with Gasteiger partial charge in [-0.1, -0.05) is 44.2 Å². The van der Waals surface area contributed by atoms with Gasteiger partial charge in [0.05, 0.1) is 4.90 Å². The highest BCUT2D eigenvalue weighted by atomic mass is 32.2. The van der Waals surface area contributed by atoms with Crippen LogP contribution in [0.15, 0.2) is 59.6 Å². The number of nitrogens with zero attached hydrogens (tertiary/aromatic N) is 1. The van der Waals surface area contributed by atoms with Gasteiger partial charge in [-0.2, -0.15) is 13.2 Å². The van der Waals surface area contributed by atoms with E-state index in [-0.39, 0.29) is 10.3 Å². The lowest BCUT2D eigenvalue weighted by molar-refractivity contribution is -0.141. The summed E-state index contributed by atoms with van der Waals surface area (Å²) in [5.74, 6) is 0. The fourth-order valence-corrected chi connectivity index (χ4v) is 3.48. The molecule has 3 rings (SSSR count). The van der Waals surface area contributed by atoms with Crippen LogP contribution in [0.4, 0.5) is 13.2 Å². The lowest BCUT2D eigenvalue weighted by Gasteiger charge is -2.11. The fraction of sp³-hybridized carbons (Fsp3) is 0.211. The highest BCUT2D eigenvalue weighted by molar-refractivity contribution is 7.89. The van der Waals surface area contributed by atoms with Gasteiger partial charge in [0.2, 0.25) is 10.0 Å². The van der Waals surface area contributed by atoms with Gasteiger partial charge in [0.25, 0.3) is 0 Å². The summed E-state index contributed by atoms with van der Waals surface area (Å²) in [5, 5.41) is 5.12. The van der Waals surface area contributed by atoms with Crippen molar-refractivity contribution in [3.05, 3.63) is 71.6 Å². The molecule has 0 bridgehead atoms. The number of primary sulfonamides is 1. The molecule has 1 aliphatic rings. The first-order valence-electron chi connectivity index (χ1n) is 8.00. The summed E-state index contributed by atoms with van der Waals surface area (Å²) >= 11 is 0. The number of nitrogens with two attached hydrogens (primary N) is 1. The zero-order valence-corrected chi connectivity index (χ0v) is 15.4. The summed E-state index contributed by atoms with van der Waals surface area (Å²) in [6.45, 7) is 3.94. The quantitative estimate of drug-likeness (QED) is 0.846. The number of pyridine rings is 1. The Balaban J connectivity index is 2.01. The number of alkyl halides is 3. The van der Waals surface area contributed by atoms with Crippen molar-refractivity contribution in [1.29, 1.82) is 0 Å². The average Bonchev–Trinajstić information content (AvgIpc) is 2.89. The largest absolute Gasteiger partial charge is 0.433 e. The molecule has 0 atom stereocenters. The van der Waals surface area contributed by atoms with Gasteiger partial charge in [0, 0.05) is 17.2 Å². The Morgan fingerprint density at radius 1 is 0.926 bits per heavy atom. The molecule has 2 N–H and O–H groups in total. The number of rotatable bonds is 3. The number of allylic oxidation sites excluding steroid dienone is 4. The molecule has 0 unspecified atom stereocenters. The zero-order chi connectivity index (χ0) is 20.0. The molecule has 142 valence electrons. The van der Waals surface area contributed by atoms with Crippen LogP contribution in [-0.2, 0) is 16.2 Å². The van der Waals surface area contributed by atoms with Crippen LogP contribution in [0.25, 0.3) is 11.1 Å². The third kappa shape index (κ3) is 4.12. The number of benzene rings is 1. The third-order valence-electron chi connectivity index (χ3n) is 4.18. The minimum atomic E-state index is -4.50. The van der Waals surface area contributed by atoms with E-state index < -0.39 is 21.9 Å². The number of sulfonamides is 1. The van der Waals surface area contributed by atoms with E-state index in [2.05, 4.69) is 4.98 Å². The summed E-state index contributed by atoms with van der Waals surface area (Å²) in [7, 11) is -3.80. The molecule has 0 spiro atoms. The lowest BCUT2D eigenvalue weighted by Crippen LogP contribution is -2.11. The van der Waals surface area contributed by atoms with Crippen molar-refractivity contribution in [2.45, 2.75) is 24.9 Å². The molecule has 27 heavy (non-hydrogen) atoms. The maximum Gasteiger partial charge on any atom is 0.433 e.